The number of methoxy groups -OCH3 is 2. The highest BCUT2D eigenvalue weighted by molar-refractivity contribution is 6.08. The van der Waals surface area contributed by atoms with Crippen LogP contribution < -0.4 is 19.5 Å². The normalized spacial score (nSPS) is 13.5. The first-order valence-electron chi connectivity index (χ1n) is 14.1. The minimum absolute atomic E-state index is 0.0507. The van der Waals surface area contributed by atoms with Crippen LogP contribution >= 0.6 is 0 Å². The molecule has 0 fully saturated rings. The molecule has 10 heteroatoms. The molecule has 3 rings (SSSR count). The predicted molar refractivity (Wildman–Crippen MR) is 171 cm³/mol. The third kappa shape index (κ3) is 8.90. The summed E-state index contributed by atoms with van der Waals surface area (Å²) >= 11 is 0. The van der Waals surface area contributed by atoms with Crippen molar-refractivity contribution in [2.45, 2.75) is 19.8 Å². The molecule has 0 unspecified atom stereocenters. The van der Waals surface area contributed by atoms with E-state index in [1.165, 1.54) is 26.4 Å². The number of rotatable bonds is 16. The summed E-state index contributed by atoms with van der Waals surface area (Å²) in [7, 11) is 6.83. The van der Waals surface area contributed by atoms with E-state index in [9.17, 15) is 14.0 Å². The number of amides is 1. The lowest BCUT2D eigenvalue weighted by Gasteiger charge is -2.16. The number of esters is 1. The summed E-state index contributed by atoms with van der Waals surface area (Å²) in [6.45, 7) is 10.3. The van der Waals surface area contributed by atoms with Crippen LogP contribution in [0.5, 0.6) is 17.2 Å². The maximum absolute atomic E-state index is 14.4. The number of aliphatic imine (C=N–C) groups is 1. The molecular formula is C34H40FN3O6. The number of fused-ring (bicyclic) bond motifs is 1. The number of halogens is 1. The summed E-state index contributed by atoms with van der Waals surface area (Å²) in [5.41, 5.74) is 5.17. The maximum Gasteiger partial charge on any atom is 0.309 e. The lowest BCUT2D eigenvalue weighted by Crippen LogP contribution is -2.25. The number of allylic oxidation sites excluding steroid dienone is 4. The van der Waals surface area contributed by atoms with Gasteiger partial charge in [0.2, 0.25) is 11.7 Å². The molecule has 0 aliphatic heterocycles. The number of nitrogens with zero attached hydrogens (tertiary/aromatic N) is 2. The lowest BCUT2D eigenvalue weighted by atomic mass is 10.00. The van der Waals surface area contributed by atoms with Gasteiger partial charge >= 0.3 is 5.97 Å². The topological polar surface area (TPSA) is 98.7 Å². The molecule has 0 aromatic heterocycles. The van der Waals surface area contributed by atoms with Gasteiger partial charge in [0.25, 0.3) is 0 Å². The van der Waals surface area contributed by atoms with Gasteiger partial charge in [-0.25, -0.2) is 4.39 Å². The van der Waals surface area contributed by atoms with Crippen molar-refractivity contribution < 1.29 is 32.9 Å². The van der Waals surface area contributed by atoms with Crippen molar-refractivity contribution in [3.05, 3.63) is 82.8 Å². The van der Waals surface area contributed by atoms with Gasteiger partial charge in [0.15, 0.2) is 11.5 Å². The molecule has 0 saturated heterocycles. The Morgan fingerprint density at radius 1 is 1.07 bits per heavy atom. The van der Waals surface area contributed by atoms with E-state index in [2.05, 4.69) is 23.6 Å². The Balaban J connectivity index is 1.87. The van der Waals surface area contributed by atoms with Crippen molar-refractivity contribution in [1.82, 2.24) is 10.2 Å². The number of benzene rings is 2. The summed E-state index contributed by atoms with van der Waals surface area (Å²) in [5, 5.41) is 2.84. The van der Waals surface area contributed by atoms with Gasteiger partial charge in [-0.15, -0.1) is 0 Å². The van der Waals surface area contributed by atoms with Gasteiger partial charge in [-0.05, 0) is 97.6 Å². The maximum atomic E-state index is 14.4. The fraction of sp³-hybridized carbons (Fsp3) is 0.324. The van der Waals surface area contributed by atoms with E-state index >= 15 is 0 Å². The Morgan fingerprint density at radius 2 is 1.77 bits per heavy atom. The predicted octanol–water partition coefficient (Wildman–Crippen LogP) is 5.32. The van der Waals surface area contributed by atoms with Gasteiger partial charge in [-0.1, -0.05) is 18.7 Å². The zero-order valence-electron chi connectivity index (χ0n) is 26.0. The molecule has 9 nitrogen and oxygen atoms in total. The molecule has 0 atom stereocenters. The second kappa shape index (κ2) is 16.2. The largest absolute Gasteiger partial charge is 0.493 e. The first-order chi connectivity index (χ1) is 21.1. The first-order valence-corrected chi connectivity index (χ1v) is 14.1. The van der Waals surface area contributed by atoms with E-state index in [1.807, 2.05) is 32.0 Å². The van der Waals surface area contributed by atoms with Crippen LogP contribution in [0.1, 0.15) is 36.5 Å². The summed E-state index contributed by atoms with van der Waals surface area (Å²) in [5.74, 6) is 0.191. The molecule has 234 valence electrons. The second-order valence-electron chi connectivity index (χ2n) is 10.2. The van der Waals surface area contributed by atoms with Crippen LogP contribution in [0, 0.1) is 5.82 Å². The molecule has 1 aliphatic rings. The monoisotopic (exact) mass is 605 g/mol. The summed E-state index contributed by atoms with van der Waals surface area (Å²) in [6.07, 6.45) is 5.28. The van der Waals surface area contributed by atoms with Gasteiger partial charge in [0.05, 0.1) is 45.9 Å². The van der Waals surface area contributed by atoms with Crippen LogP contribution in [0.25, 0.3) is 17.2 Å². The Hall–Kier alpha value is -4.70. The highest BCUT2D eigenvalue weighted by atomic mass is 19.1. The van der Waals surface area contributed by atoms with Gasteiger partial charge < -0.3 is 29.2 Å². The zero-order valence-corrected chi connectivity index (χ0v) is 26.0. The summed E-state index contributed by atoms with van der Waals surface area (Å²) < 4.78 is 36.7. The zero-order chi connectivity index (χ0) is 32.2. The average molecular weight is 606 g/mol. The number of carbonyl (C=O) groups excluding carboxylic acids is 2. The number of nitrogens with one attached hydrogen (secondary N) is 1. The minimum Gasteiger partial charge on any atom is -0.493 e. The van der Waals surface area contributed by atoms with Crippen LogP contribution in [0.4, 0.5) is 4.39 Å². The standard InChI is InChI=1S/C34H40FN3O6/c1-8-9-25(36-3)21-37-32(39)20-28-22(2)27(26-11-10-24(35)19-29(26)28)16-23-17-30(41-6)34(31(18-23)42-7)44-14-12-33(40)43-15-13-38(4)5/h8-11,16-19H,1,3,12-15,20-21H2,2,4-7H3,(H,37,39)/b25-9-,27-16-. The fourth-order valence-corrected chi connectivity index (χ4v) is 4.64. The van der Waals surface area contributed by atoms with E-state index in [4.69, 9.17) is 18.9 Å². The highest BCUT2D eigenvalue weighted by Crippen LogP contribution is 2.45. The lowest BCUT2D eigenvalue weighted by molar-refractivity contribution is -0.144. The Labute approximate surface area is 258 Å². The van der Waals surface area contributed by atoms with Crippen LogP contribution in [-0.2, 0) is 14.3 Å². The molecule has 2 aromatic carbocycles. The minimum atomic E-state index is -0.394. The number of carbonyl (C=O) groups is 2. The number of hydrogen-bond acceptors (Lipinski definition) is 8. The summed E-state index contributed by atoms with van der Waals surface area (Å²) in [6, 6.07) is 8.13. The van der Waals surface area contributed by atoms with Gasteiger partial charge in [0, 0.05) is 6.54 Å². The quantitative estimate of drug-likeness (QED) is 0.157. The van der Waals surface area contributed by atoms with E-state index in [-0.39, 0.29) is 37.9 Å². The van der Waals surface area contributed by atoms with Crippen molar-refractivity contribution in [3.63, 3.8) is 0 Å². The van der Waals surface area contributed by atoms with Crippen molar-refractivity contribution in [3.8, 4) is 17.2 Å². The van der Waals surface area contributed by atoms with Crippen molar-refractivity contribution in [2.75, 3.05) is 54.6 Å². The molecular weight excluding hydrogens is 565 g/mol. The number of ether oxygens (including phenoxy) is 4. The smallest absolute Gasteiger partial charge is 0.309 e. The van der Waals surface area contributed by atoms with Crippen molar-refractivity contribution in [2.24, 2.45) is 4.99 Å². The molecule has 0 spiro atoms. The molecule has 1 aliphatic carbocycles. The molecule has 1 amide bonds. The van der Waals surface area contributed by atoms with Crippen molar-refractivity contribution in [1.29, 1.82) is 0 Å². The Kier molecular flexibility index (Phi) is 12.5. The van der Waals surface area contributed by atoms with Crippen molar-refractivity contribution >= 4 is 35.8 Å². The second-order valence-corrected chi connectivity index (χ2v) is 10.2. The molecule has 2 aromatic rings. The van der Waals surface area contributed by atoms with Crippen LogP contribution in [0.15, 0.2) is 65.3 Å². The SMILES string of the molecule is C=C/C=C(/CNC(=O)CC1=C(C)/C(=C/c2cc(OC)c(OCCC(=O)OCCN(C)C)c(OC)c2)c2ccc(F)cc21)N=C. The average Bonchev–Trinajstić information content (AvgIpc) is 3.24. The third-order valence-corrected chi connectivity index (χ3v) is 6.92. The molecule has 0 bridgehead atoms. The molecule has 0 heterocycles. The van der Waals surface area contributed by atoms with Crippen LogP contribution in [0.2, 0.25) is 0 Å². The van der Waals surface area contributed by atoms with Gasteiger partial charge in [0.1, 0.15) is 12.4 Å². The first kappa shape index (κ1) is 33.8. The van der Waals surface area contributed by atoms with Gasteiger partial charge in [-0.2, -0.15) is 0 Å². The van der Waals surface area contributed by atoms with E-state index in [1.54, 1.807) is 30.4 Å². The Bertz CT molecular complexity index is 1470. The van der Waals surface area contributed by atoms with E-state index < -0.39 is 5.82 Å². The molecule has 0 radical (unpaired) electrons. The molecule has 44 heavy (non-hydrogen) atoms. The third-order valence-electron chi connectivity index (χ3n) is 6.92. The van der Waals surface area contributed by atoms with Crippen LogP contribution in [0.3, 0.4) is 0 Å². The molecule has 0 saturated carbocycles. The molecule has 1 N–H and O–H groups in total. The number of likely N-dealkylation sites (N-methyl/N-ethyl adjacent to an activating group) is 1. The fourth-order valence-electron chi connectivity index (χ4n) is 4.64. The van der Waals surface area contributed by atoms with E-state index in [0.717, 1.165) is 27.8 Å². The summed E-state index contributed by atoms with van der Waals surface area (Å²) in [4.78, 5) is 30.8. The van der Waals surface area contributed by atoms with Crippen LogP contribution in [-0.4, -0.2) is 78.1 Å². The van der Waals surface area contributed by atoms with Gasteiger partial charge in [-0.3, -0.25) is 14.6 Å². The Morgan fingerprint density at radius 3 is 2.39 bits per heavy atom. The van der Waals surface area contributed by atoms with E-state index in [0.29, 0.717) is 41.7 Å². The highest BCUT2D eigenvalue weighted by Gasteiger charge is 2.26. The number of hydrogen-bond donors (Lipinski definition) is 1.